The number of hydrogen-bond acceptors (Lipinski definition) is 4. The largest absolute Gasteiger partial charge is 0.478 e. The van der Waals surface area contributed by atoms with E-state index in [1.807, 2.05) is 0 Å². The summed E-state index contributed by atoms with van der Waals surface area (Å²) < 4.78 is 43.2. The maximum absolute atomic E-state index is 14.6. The summed E-state index contributed by atoms with van der Waals surface area (Å²) in [5.74, 6) is -7.35. The summed E-state index contributed by atoms with van der Waals surface area (Å²) in [5, 5.41) is 13.2. The van der Waals surface area contributed by atoms with Crippen LogP contribution in [0.2, 0.25) is 5.02 Å². The molecule has 1 N–H and O–H groups in total. The van der Waals surface area contributed by atoms with Gasteiger partial charge in [-0.1, -0.05) is 35.9 Å². The minimum Gasteiger partial charge on any atom is -0.478 e. The molecule has 0 saturated heterocycles. The molecule has 0 bridgehead atoms. The number of carboxylic acids is 1. The number of carbonyl (C=O) groups is 2. The van der Waals surface area contributed by atoms with Gasteiger partial charge in [-0.2, -0.15) is 9.78 Å². The zero-order chi connectivity index (χ0) is 25.6. The Kier molecular flexibility index (Phi) is 5.77. The lowest BCUT2D eigenvalue weighted by molar-refractivity contribution is 0.0696. The third-order valence-corrected chi connectivity index (χ3v) is 5.88. The van der Waals surface area contributed by atoms with E-state index in [2.05, 4.69) is 10.1 Å². The minimum atomic E-state index is -1.87. The summed E-state index contributed by atoms with van der Waals surface area (Å²) in [7, 11) is 0. The molecule has 0 aliphatic heterocycles. The fourth-order valence-electron chi connectivity index (χ4n) is 3.81. The first-order chi connectivity index (χ1) is 17.3. The molecule has 178 valence electrons. The predicted molar refractivity (Wildman–Crippen MR) is 126 cm³/mol. The second-order valence-corrected chi connectivity index (χ2v) is 8.18. The standard InChI is InChI=1S/C26H13ClF3N3O3/c27-19-11-18(21(28)23(30)22(19)29)25(34)33-20-10-15(16-2-1-9-31-12-16)7-8-17(20)24(32-33)13-3-5-14(6-4-13)26(35)36/h1-12H,(H,35,36). The van der Waals surface area contributed by atoms with E-state index in [0.717, 1.165) is 10.2 Å². The van der Waals surface area contributed by atoms with Gasteiger partial charge in [0.05, 0.1) is 21.7 Å². The highest BCUT2D eigenvalue weighted by Crippen LogP contribution is 2.33. The van der Waals surface area contributed by atoms with Crippen molar-refractivity contribution in [3.63, 3.8) is 0 Å². The van der Waals surface area contributed by atoms with Crippen LogP contribution in [0.3, 0.4) is 0 Å². The molecule has 0 atom stereocenters. The molecule has 0 saturated carbocycles. The van der Waals surface area contributed by atoms with Crippen LogP contribution in [0, 0.1) is 17.5 Å². The molecule has 5 aromatic rings. The monoisotopic (exact) mass is 507 g/mol. The molecule has 5 rings (SSSR count). The lowest BCUT2D eigenvalue weighted by Crippen LogP contribution is -2.17. The highest BCUT2D eigenvalue weighted by molar-refractivity contribution is 6.31. The Balaban J connectivity index is 1.74. The molecule has 3 aromatic carbocycles. The predicted octanol–water partition coefficient (Wildman–Crippen LogP) is 6.22. The number of rotatable bonds is 4. The van der Waals surface area contributed by atoms with E-state index in [4.69, 9.17) is 11.6 Å². The summed E-state index contributed by atoms with van der Waals surface area (Å²) in [4.78, 5) is 28.7. The van der Waals surface area contributed by atoms with E-state index >= 15 is 0 Å². The topological polar surface area (TPSA) is 85.1 Å². The van der Waals surface area contributed by atoms with Crippen molar-refractivity contribution in [3.8, 4) is 22.4 Å². The van der Waals surface area contributed by atoms with Gasteiger partial charge in [-0.15, -0.1) is 0 Å². The number of halogens is 4. The zero-order valence-electron chi connectivity index (χ0n) is 18.0. The van der Waals surface area contributed by atoms with Crippen molar-refractivity contribution in [2.45, 2.75) is 0 Å². The van der Waals surface area contributed by atoms with Crippen molar-refractivity contribution in [1.82, 2.24) is 14.8 Å². The molecule has 2 aromatic heterocycles. The highest BCUT2D eigenvalue weighted by Gasteiger charge is 2.26. The van der Waals surface area contributed by atoms with Gasteiger partial charge in [-0.25, -0.2) is 18.0 Å². The molecular formula is C26H13ClF3N3O3. The Morgan fingerprint density at radius 2 is 1.58 bits per heavy atom. The summed E-state index contributed by atoms with van der Waals surface area (Å²) in [6.45, 7) is 0. The number of hydrogen-bond donors (Lipinski definition) is 1. The van der Waals surface area contributed by atoms with Gasteiger partial charge < -0.3 is 5.11 Å². The van der Waals surface area contributed by atoms with Gasteiger partial charge >= 0.3 is 5.97 Å². The first-order valence-corrected chi connectivity index (χ1v) is 10.8. The number of carboxylic acid groups (broad SMARTS) is 1. The van der Waals surface area contributed by atoms with Crippen molar-refractivity contribution < 1.29 is 27.9 Å². The Labute approximate surface area is 206 Å². The summed E-state index contributed by atoms with van der Waals surface area (Å²) in [6.07, 6.45) is 3.22. The van der Waals surface area contributed by atoms with Gasteiger partial charge in [-0.3, -0.25) is 9.78 Å². The van der Waals surface area contributed by atoms with Crippen LogP contribution < -0.4 is 0 Å². The van der Waals surface area contributed by atoms with Gasteiger partial charge in [0, 0.05) is 28.9 Å². The van der Waals surface area contributed by atoms with Crippen LogP contribution in [0.15, 0.2) is 73.1 Å². The van der Waals surface area contributed by atoms with Crippen molar-refractivity contribution in [3.05, 3.63) is 107 Å². The number of carbonyl (C=O) groups excluding carboxylic acids is 1. The number of fused-ring (bicyclic) bond motifs is 1. The highest BCUT2D eigenvalue weighted by atomic mass is 35.5. The summed E-state index contributed by atoms with van der Waals surface area (Å²) in [6, 6.07) is 15.1. The van der Waals surface area contributed by atoms with E-state index in [9.17, 15) is 27.9 Å². The van der Waals surface area contributed by atoms with Crippen molar-refractivity contribution in [2.24, 2.45) is 0 Å². The number of nitrogens with zero attached hydrogens (tertiary/aromatic N) is 3. The van der Waals surface area contributed by atoms with Crippen molar-refractivity contribution in [1.29, 1.82) is 0 Å². The summed E-state index contributed by atoms with van der Waals surface area (Å²) in [5.41, 5.74) is 1.67. The quantitative estimate of drug-likeness (QED) is 0.230. The molecule has 0 fully saturated rings. The fraction of sp³-hybridized carbons (Fsp3) is 0. The summed E-state index contributed by atoms with van der Waals surface area (Å²) >= 11 is 5.67. The third kappa shape index (κ3) is 3.89. The number of benzene rings is 3. The average molecular weight is 508 g/mol. The first-order valence-electron chi connectivity index (χ1n) is 10.4. The minimum absolute atomic E-state index is 0.0518. The van der Waals surface area contributed by atoms with E-state index in [1.54, 1.807) is 42.7 Å². The van der Waals surface area contributed by atoms with Crippen LogP contribution in [0.4, 0.5) is 13.2 Å². The lowest BCUT2D eigenvalue weighted by Gasteiger charge is -2.07. The van der Waals surface area contributed by atoms with Crippen molar-refractivity contribution >= 4 is 34.4 Å². The van der Waals surface area contributed by atoms with Gasteiger partial charge in [0.1, 0.15) is 5.69 Å². The van der Waals surface area contributed by atoms with Crippen molar-refractivity contribution in [2.75, 3.05) is 0 Å². The van der Waals surface area contributed by atoms with Gasteiger partial charge in [0.25, 0.3) is 5.91 Å². The Hall–Kier alpha value is -4.50. The zero-order valence-corrected chi connectivity index (χ0v) is 18.8. The molecule has 0 aliphatic rings. The van der Waals surface area contributed by atoms with Gasteiger partial charge in [-0.05, 0) is 42.0 Å². The SMILES string of the molecule is O=C(O)c1ccc(-c2nn(C(=O)c3cc(Cl)c(F)c(F)c3F)c3cc(-c4cccnc4)ccc23)cc1. The Bertz CT molecular complexity index is 1670. The normalized spacial score (nSPS) is 11.1. The molecular weight excluding hydrogens is 495 g/mol. The van der Waals surface area contributed by atoms with Crippen LogP contribution >= 0.6 is 11.6 Å². The molecule has 10 heteroatoms. The molecule has 0 radical (unpaired) electrons. The smallest absolute Gasteiger partial charge is 0.335 e. The maximum Gasteiger partial charge on any atom is 0.335 e. The van der Waals surface area contributed by atoms with Crippen LogP contribution in [0.1, 0.15) is 20.7 Å². The van der Waals surface area contributed by atoms with E-state index in [-0.39, 0.29) is 11.1 Å². The van der Waals surface area contributed by atoms with Gasteiger partial charge in [0.2, 0.25) is 0 Å². The molecule has 2 heterocycles. The number of pyridine rings is 1. The number of aromatic nitrogens is 3. The van der Waals surface area contributed by atoms with Crippen LogP contribution in [0.25, 0.3) is 33.3 Å². The van der Waals surface area contributed by atoms with Crippen LogP contribution in [-0.2, 0) is 0 Å². The Morgan fingerprint density at radius 3 is 2.25 bits per heavy atom. The second kappa shape index (κ2) is 8.94. The Morgan fingerprint density at radius 1 is 0.861 bits per heavy atom. The molecule has 0 amide bonds. The fourth-order valence-corrected chi connectivity index (χ4v) is 4.00. The second-order valence-electron chi connectivity index (χ2n) is 7.77. The molecule has 6 nitrogen and oxygen atoms in total. The van der Waals surface area contributed by atoms with Crippen LogP contribution in [-0.4, -0.2) is 31.7 Å². The van der Waals surface area contributed by atoms with E-state index in [1.165, 1.54) is 24.3 Å². The maximum atomic E-state index is 14.6. The third-order valence-electron chi connectivity index (χ3n) is 5.61. The molecule has 0 spiro atoms. The average Bonchev–Trinajstić information content (AvgIpc) is 3.28. The van der Waals surface area contributed by atoms with E-state index in [0.29, 0.717) is 28.3 Å². The van der Waals surface area contributed by atoms with Crippen LogP contribution in [0.5, 0.6) is 0 Å². The van der Waals surface area contributed by atoms with E-state index < -0.39 is 39.9 Å². The number of aromatic carboxylic acids is 1. The van der Waals surface area contributed by atoms with Gasteiger partial charge in [0.15, 0.2) is 17.5 Å². The molecule has 36 heavy (non-hydrogen) atoms. The first kappa shape index (κ1) is 23.3. The molecule has 0 unspecified atom stereocenters. The lowest BCUT2D eigenvalue weighted by atomic mass is 10.0. The molecule has 0 aliphatic carbocycles.